The number of aliphatic hydroxyl groups is 2. The first-order valence-electron chi connectivity index (χ1n) is 8.02. The average molecular weight is 319 g/mol. The molecule has 0 saturated carbocycles. The predicted octanol–water partition coefficient (Wildman–Crippen LogP) is 0.0221. The SMILES string of the molecule is CN1[C@@H]2CC(OC(=O)[C@](O)(CO)c3ccccc3)C[C@H]1[C@@H]1O[C@H]12. The molecule has 124 valence electrons. The molecule has 3 aliphatic rings. The maximum atomic E-state index is 12.5. The van der Waals surface area contributed by atoms with E-state index in [-0.39, 0.29) is 30.4 Å². The lowest BCUT2D eigenvalue weighted by atomic mass is 9.94. The monoisotopic (exact) mass is 319 g/mol. The lowest BCUT2D eigenvalue weighted by Gasteiger charge is -2.38. The first kappa shape index (κ1) is 15.1. The van der Waals surface area contributed by atoms with Crippen molar-refractivity contribution in [3.63, 3.8) is 0 Å². The van der Waals surface area contributed by atoms with Crippen molar-refractivity contribution in [2.75, 3.05) is 13.7 Å². The van der Waals surface area contributed by atoms with Crippen LogP contribution in [0.15, 0.2) is 30.3 Å². The zero-order chi connectivity index (χ0) is 16.2. The fraction of sp³-hybridized carbons (Fsp3) is 0.588. The summed E-state index contributed by atoms with van der Waals surface area (Å²) in [6.45, 7) is -0.705. The summed E-state index contributed by atoms with van der Waals surface area (Å²) in [4.78, 5) is 14.8. The molecule has 3 heterocycles. The van der Waals surface area contributed by atoms with Crippen molar-refractivity contribution in [1.82, 2.24) is 4.90 Å². The third-order valence-corrected chi connectivity index (χ3v) is 5.47. The van der Waals surface area contributed by atoms with Gasteiger partial charge in [-0.05, 0) is 12.6 Å². The number of piperidine rings is 1. The number of nitrogens with zero attached hydrogens (tertiary/aromatic N) is 1. The van der Waals surface area contributed by atoms with E-state index >= 15 is 0 Å². The van der Waals surface area contributed by atoms with Crippen molar-refractivity contribution >= 4 is 5.97 Å². The third-order valence-electron chi connectivity index (χ3n) is 5.47. The minimum Gasteiger partial charge on any atom is -0.460 e. The van der Waals surface area contributed by atoms with E-state index in [0.29, 0.717) is 18.4 Å². The third kappa shape index (κ3) is 2.29. The van der Waals surface area contributed by atoms with Gasteiger partial charge in [0.2, 0.25) is 5.60 Å². The molecule has 2 N–H and O–H groups in total. The second-order valence-electron chi connectivity index (χ2n) is 6.75. The summed E-state index contributed by atoms with van der Waals surface area (Å²) >= 11 is 0. The summed E-state index contributed by atoms with van der Waals surface area (Å²) in [5.41, 5.74) is -1.67. The van der Waals surface area contributed by atoms with Crippen LogP contribution in [0.2, 0.25) is 0 Å². The molecule has 1 aromatic rings. The van der Waals surface area contributed by atoms with Crippen LogP contribution in [-0.4, -0.2) is 65.1 Å². The van der Waals surface area contributed by atoms with Crippen molar-refractivity contribution in [3.8, 4) is 0 Å². The quantitative estimate of drug-likeness (QED) is 0.601. The Morgan fingerprint density at radius 2 is 1.91 bits per heavy atom. The van der Waals surface area contributed by atoms with Gasteiger partial charge in [0.05, 0.1) is 6.61 Å². The van der Waals surface area contributed by atoms with Crippen LogP contribution in [0, 0.1) is 0 Å². The lowest BCUT2D eigenvalue weighted by Crippen LogP contribution is -2.50. The van der Waals surface area contributed by atoms with E-state index in [4.69, 9.17) is 9.47 Å². The van der Waals surface area contributed by atoms with Crippen molar-refractivity contribution < 1.29 is 24.5 Å². The van der Waals surface area contributed by atoms with Crippen molar-refractivity contribution in [1.29, 1.82) is 0 Å². The molecule has 3 fully saturated rings. The summed E-state index contributed by atoms with van der Waals surface area (Å²) in [6, 6.07) is 8.98. The van der Waals surface area contributed by atoms with Gasteiger partial charge in [-0.15, -0.1) is 0 Å². The van der Waals surface area contributed by atoms with Gasteiger partial charge in [-0.1, -0.05) is 30.3 Å². The second kappa shape index (κ2) is 5.27. The van der Waals surface area contributed by atoms with Crippen LogP contribution in [-0.2, 0) is 19.9 Å². The molecule has 0 aromatic heterocycles. The van der Waals surface area contributed by atoms with Gasteiger partial charge in [0.15, 0.2) is 0 Å². The molecule has 23 heavy (non-hydrogen) atoms. The van der Waals surface area contributed by atoms with E-state index in [1.807, 2.05) is 0 Å². The minimum absolute atomic E-state index is 0.244. The largest absolute Gasteiger partial charge is 0.460 e. The molecule has 3 saturated heterocycles. The Morgan fingerprint density at radius 3 is 2.48 bits per heavy atom. The molecule has 0 radical (unpaired) electrons. The molecule has 6 nitrogen and oxygen atoms in total. The topological polar surface area (TPSA) is 82.5 Å². The zero-order valence-corrected chi connectivity index (χ0v) is 13.0. The number of esters is 1. The fourth-order valence-electron chi connectivity index (χ4n) is 4.03. The van der Waals surface area contributed by atoms with E-state index in [1.54, 1.807) is 30.3 Å². The van der Waals surface area contributed by atoms with Crippen molar-refractivity contribution in [2.45, 2.75) is 48.8 Å². The van der Waals surface area contributed by atoms with Gasteiger partial charge in [-0.25, -0.2) is 4.79 Å². The van der Waals surface area contributed by atoms with Crippen molar-refractivity contribution in [2.24, 2.45) is 0 Å². The number of rotatable bonds is 4. The molecule has 1 unspecified atom stereocenters. The molecule has 1 aromatic carbocycles. The number of carbonyl (C=O) groups is 1. The molecule has 0 aliphatic carbocycles. The summed E-state index contributed by atoms with van der Waals surface area (Å²) in [5, 5.41) is 20.2. The standard InChI is InChI=1S/C17H21NO5/c1-18-12-7-11(8-13(18)15-14(12)23-15)22-16(20)17(21,9-19)10-5-3-2-4-6-10/h2-6,11-15,19,21H,7-9H2,1H3/t11?,12-,13+,14-,15-,17-/m0/s1. The van der Waals surface area contributed by atoms with Crippen LogP contribution in [0.4, 0.5) is 0 Å². The summed E-state index contributed by atoms with van der Waals surface area (Å²) in [7, 11) is 2.08. The summed E-state index contributed by atoms with van der Waals surface area (Å²) < 4.78 is 11.2. The molecule has 6 atom stereocenters. The Bertz CT molecular complexity index is 590. The highest BCUT2D eigenvalue weighted by Crippen LogP contribution is 2.48. The molecule has 4 rings (SSSR count). The number of hydrogen-bond donors (Lipinski definition) is 2. The maximum absolute atomic E-state index is 12.5. The van der Waals surface area contributed by atoms with Gasteiger partial charge in [-0.2, -0.15) is 0 Å². The Kier molecular flexibility index (Phi) is 3.46. The van der Waals surface area contributed by atoms with E-state index in [1.165, 1.54) is 0 Å². The Morgan fingerprint density at radius 1 is 1.30 bits per heavy atom. The second-order valence-corrected chi connectivity index (χ2v) is 6.75. The van der Waals surface area contributed by atoms with Gasteiger partial charge < -0.3 is 19.7 Å². The number of likely N-dealkylation sites (N-methyl/N-ethyl adjacent to an activating group) is 1. The van der Waals surface area contributed by atoms with E-state index in [9.17, 15) is 15.0 Å². The maximum Gasteiger partial charge on any atom is 0.345 e. The Labute approximate surface area is 134 Å². The van der Waals surface area contributed by atoms with Gasteiger partial charge in [0.1, 0.15) is 18.3 Å². The normalized spacial score (nSPS) is 37.8. The summed E-state index contributed by atoms with van der Waals surface area (Å²) in [5.74, 6) is -0.783. The number of benzene rings is 1. The van der Waals surface area contributed by atoms with Crippen LogP contribution < -0.4 is 0 Å². The smallest absolute Gasteiger partial charge is 0.345 e. The number of carbonyl (C=O) groups excluding carboxylic acids is 1. The average Bonchev–Trinajstić information content (AvgIpc) is 3.33. The number of ether oxygens (including phenoxy) is 2. The van der Waals surface area contributed by atoms with Crippen LogP contribution in [0.5, 0.6) is 0 Å². The Hall–Kier alpha value is -1.47. The molecular formula is C17H21NO5. The summed E-state index contributed by atoms with van der Waals surface area (Å²) in [6.07, 6.45) is 1.69. The highest BCUT2D eigenvalue weighted by molar-refractivity contribution is 5.81. The predicted molar refractivity (Wildman–Crippen MR) is 80.5 cm³/mol. The molecular weight excluding hydrogens is 298 g/mol. The Balaban J connectivity index is 1.47. The van der Waals surface area contributed by atoms with Crippen molar-refractivity contribution in [3.05, 3.63) is 35.9 Å². The molecule has 0 spiro atoms. The van der Waals surface area contributed by atoms with Crippen LogP contribution in [0.25, 0.3) is 0 Å². The van der Waals surface area contributed by atoms with E-state index in [0.717, 1.165) is 0 Å². The minimum atomic E-state index is -2.01. The molecule has 3 aliphatic heterocycles. The van der Waals surface area contributed by atoms with Crippen LogP contribution in [0.3, 0.4) is 0 Å². The number of fused-ring (bicyclic) bond motifs is 5. The first-order valence-corrected chi connectivity index (χ1v) is 8.02. The highest BCUT2D eigenvalue weighted by atomic mass is 16.6. The first-order chi connectivity index (χ1) is 11.0. The van der Waals surface area contributed by atoms with Gasteiger partial charge in [0.25, 0.3) is 0 Å². The lowest BCUT2D eigenvalue weighted by molar-refractivity contribution is -0.181. The van der Waals surface area contributed by atoms with Gasteiger partial charge >= 0.3 is 5.97 Å². The molecule has 2 bridgehead atoms. The fourth-order valence-corrected chi connectivity index (χ4v) is 4.03. The zero-order valence-electron chi connectivity index (χ0n) is 13.0. The number of aliphatic hydroxyl groups excluding tert-OH is 1. The van der Waals surface area contributed by atoms with Crippen LogP contribution >= 0.6 is 0 Å². The van der Waals surface area contributed by atoms with Gasteiger partial charge in [0, 0.05) is 24.9 Å². The van der Waals surface area contributed by atoms with E-state index < -0.39 is 18.2 Å². The molecule has 0 amide bonds. The number of morpholine rings is 1. The number of hydrogen-bond acceptors (Lipinski definition) is 6. The number of epoxide rings is 1. The van der Waals surface area contributed by atoms with Gasteiger partial charge in [-0.3, -0.25) is 4.90 Å². The van der Waals surface area contributed by atoms with Crippen LogP contribution in [0.1, 0.15) is 18.4 Å². The molecule has 6 heteroatoms. The van der Waals surface area contributed by atoms with E-state index in [2.05, 4.69) is 11.9 Å². The highest BCUT2D eigenvalue weighted by Gasteiger charge is 2.63.